The molecule has 0 spiro atoms. The molecule has 33 heavy (non-hydrogen) atoms. The van der Waals surface area contributed by atoms with E-state index >= 15 is 0 Å². The van der Waals surface area contributed by atoms with E-state index in [9.17, 15) is 24.9 Å². The fraction of sp³-hybridized carbons (Fsp3) is 0.231. The second-order valence-electron chi connectivity index (χ2n) is 8.47. The second kappa shape index (κ2) is 6.34. The van der Waals surface area contributed by atoms with E-state index < -0.39 is 46.8 Å². The number of rotatable bonds is 1. The molecule has 4 aliphatic rings. The van der Waals surface area contributed by atoms with Gasteiger partial charge >= 0.3 is 0 Å². The molecule has 7 nitrogen and oxygen atoms in total. The molecule has 4 N–H and O–H groups in total. The van der Waals surface area contributed by atoms with Crippen LogP contribution < -0.4 is 5.32 Å². The van der Waals surface area contributed by atoms with E-state index in [2.05, 4.69) is 29.0 Å². The highest BCUT2D eigenvalue weighted by Crippen LogP contribution is 2.67. The summed E-state index contributed by atoms with van der Waals surface area (Å²) in [6.07, 6.45) is 0.511. The van der Waals surface area contributed by atoms with Crippen molar-refractivity contribution in [1.82, 2.24) is 0 Å². The van der Waals surface area contributed by atoms with E-state index in [0.29, 0.717) is 0 Å². The van der Waals surface area contributed by atoms with E-state index in [1.165, 1.54) is 25.1 Å². The van der Waals surface area contributed by atoms with Crippen molar-refractivity contribution >= 4 is 17.3 Å². The van der Waals surface area contributed by atoms with Crippen molar-refractivity contribution in [1.29, 1.82) is 0 Å². The molecule has 0 saturated carbocycles. The third-order valence-electron chi connectivity index (χ3n) is 6.87. The Hall–Kier alpha value is -3.88. The Morgan fingerprint density at radius 3 is 2.36 bits per heavy atom. The molecule has 1 unspecified atom stereocenters. The zero-order chi connectivity index (χ0) is 23.1. The van der Waals surface area contributed by atoms with Crippen molar-refractivity contribution in [2.75, 3.05) is 5.32 Å². The van der Waals surface area contributed by atoms with Gasteiger partial charge in [0.05, 0.1) is 22.9 Å². The molecule has 6 rings (SSSR count). The number of anilines is 1. The first-order valence-electron chi connectivity index (χ1n) is 10.4. The van der Waals surface area contributed by atoms with Crippen LogP contribution in [-0.2, 0) is 10.3 Å². The summed E-state index contributed by atoms with van der Waals surface area (Å²) >= 11 is 0. The molecule has 0 aromatic heterocycles. The molecule has 2 aliphatic heterocycles. The smallest absolute Gasteiger partial charge is 0.198 e. The molecule has 162 valence electrons. The molecular weight excluding hydrogens is 422 g/mol. The number of carbonyl (C=O) groups is 2. The van der Waals surface area contributed by atoms with Gasteiger partial charge in [0.2, 0.25) is 0 Å². The lowest BCUT2D eigenvalue weighted by molar-refractivity contribution is 0.0867. The summed E-state index contributed by atoms with van der Waals surface area (Å²) in [4.78, 5) is 26.8. The number of phenols is 1. The van der Waals surface area contributed by atoms with E-state index in [1.54, 1.807) is 24.3 Å². The maximum absolute atomic E-state index is 13.6. The monoisotopic (exact) mass is 439 g/mol. The zero-order valence-electron chi connectivity index (χ0n) is 17.3. The van der Waals surface area contributed by atoms with Gasteiger partial charge in [-0.2, -0.15) is 0 Å². The number of ketones is 2. The van der Waals surface area contributed by atoms with Gasteiger partial charge in [0.1, 0.15) is 11.8 Å². The van der Waals surface area contributed by atoms with Crippen LogP contribution in [0.2, 0.25) is 0 Å². The third-order valence-corrected chi connectivity index (χ3v) is 6.87. The second-order valence-corrected chi connectivity index (χ2v) is 8.47. The topological polar surface area (TPSA) is 119 Å². The summed E-state index contributed by atoms with van der Waals surface area (Å²) in [7, 11) is 0. The van der Waals surface area contributed by atoms with Crippen LogP contribution in [0.15, 0.2) is 42.5 Å². The van der Waals surface area contributed by atoms with E-state index in [0.717, 1.165) is 0 Å². The molecule has 0 radical (unpaired) electrons. The molecule has 2 heterocycles. The van der Waals surface area contributed by atoms with Crippen LogP contribution in [0, 0.1) is 23.7 Å². The molecule has 5 atom stereocenters. The van der Waals surface area contributed by atoms with Crippen molar-refractivity contribution in [2.45, 2.75) is 36.4 Å². The predicted molar refractivity (Wildman–Crippen MR) is 117 cm³/mol. The molecular formula is C26H17NO6. The van der Waals surface area contributed by atoms with Gasteiger partial charge in [-0.3, -0.25) is 9.59 Å². The number of allylic oxidation sites excluding steroid dienone is 2. The Labute approximate surface area is 188 Å². The summed E-state index contributed by atoms with van der Waals surface area (Å²) in [6.45, 7) is 1.52. The Morgan fingerprint density at radius 1 is 1.06 bits per heavy atom. The SMILES string of the molecule is CC(O)[C@@]12O[C@]13c1cc(O)c4c(c1N[C@H]2C#C/C=C\C#C[C@H]3O)C(=O)c1ccccc1C4=O. The standard InChI is InChI=1S/C26H17NO6/c1-13(28)25-18-10-4-2-3-5-11-19(30)26(25,33-25)16-12-17(29)20-21(22(16)27-18)24(32)15-9-7-6-8-14(15)23(20)31/h2-3,6-9,12-13,18-19,27-30H,1H3/b3-2-/t13?,18-,19+,25-,26-/m0/s1. The van der Waals surface area contributed by atoms with Gasteiger partial charge < -0.3 is 25.4 Å². The number of ether oxygens (including phenoxy) is 1. The molecule has 2 bridgehead atoms. The van der Waals surface area contributed by atoms with Gasteiger partial charge in [0.15, 0.2) is 28.9 Å². The predicted octanol–water partition coefficient (Wildman–Crippen LogP) is 1.24. The molecule has 0 amide bonds. The first-order valence-corrected chi connectivity index (χ1v) is 10.4. The van der Waals surface area contributed by atoms with Crippen molar-refractivity contribution in [3.05, 3.63) is 70.3 Å². The van der Waals surface area contributed by atoms with Gasteiger partial charge in [-0.05, 0) is 25.1 Å². The lowest BCUT2D eigenvalue weighted by Crippen LogP contribution is -2.54. The van der Waals surface area contributed by atoms with Gasteiger partial charge in [-0.25, -0.2) is 0 Å². The number of nitrogens with one attached hydrogen (secondary N) is 1. The fourth-order valence-corrected chi connectivity index (χ4v) is 5.39. The summed E-state index contributed by atoms with van der Waals surface area (Å²) < 4.78 is 6.12. The summed E-state index contributed by atoms with van der Waals surface area (Å²) in [5.74, 6) is 9.90. The van der Waals surface area contributed by atoms with E-state index in [-0.39, 0.29) is 33.5 Å². The number of carbonyl (C=O) groups excluding carboxylic acids is 2. The van der Waals surface area contributed by atoms with Crippen molar-refractivity contribution < 1.29 is 29.6 Å². The first kappa shape index (κ1) is 19.8. The maximum atomic E-state index is 13.6. The number of aliphatic hydroxyl groups is 2. The quantitative estimate of drug-likeness (QED) is 0.256. The normalized spacial score (nSPS) is 31.6. The molecule has 1 fully saturated rings. The Bertz CT molecular complexity index is 1450. The van der Waals surface area contributed by atoms with Crippen molar-refractivity contribution in [3.8, 4) is 29.4 Å². The third kappa shape index (κ3) is 2.21. The first-order chi connectivity index (χ1) is 15.8. The number of fused-ring (bicyclic) bond motifs is 4. The van der Waals surface area contributed by atoms with Gasteiger partial charge in [0.25, 0.3) is 0 Å². The molecule has 2 aromatic rings. The van der Waals surface area contributed by atoms with Crippen LogP contribution in [-0.4, -0.2) is 50.7 Å². The average Bonchev–Trinajstić information content (AvgIpc) is 3.53. The van der Waals surface area contributed by atoms with Gasteiger partial charge in [-0.15, -0.1) is 0 Å². The summed E-state index contributed by atoms with van der Waals surface area (Å²) in [6, 6.07) is 6.88. The highest BCUT2D eigenvalue weighted by Gasteiger charge is 2.82. The maximum Gasteiger partial charge on any atom is 0.198 e. The summed E-state index contributed by atoms with van der Waals surface area (Å²) in [5.41, 5.74) is -2.18. The molecule has 1 saturated heterocycles. The lowest BCUT2D eigenvalue weighted by atomic mass is 9.69. The van der Waals surface area contributed by atoms with Crippen LogP contribution in [0.3, 0.4) is 0 Å². The largest absolute Gasteiger partial charge is 0.507 e. The zero-order valence-corrected chi connectivity index (χ0v) is 17.3. The van der Waals surface area contributed by atoms with Crippen molar-refractivity contribution in [3.63, 3.8) is 0 Å². The minimum Gasteiger partial charge on any atom is -0.507 e. The Kier molecular flexibility index (Phi) is 3.80. The number of benzene rings is 2. The number of epoxide rings is 1. The number of phenolic OH excluding ortho intramolecular Hbond substituents is 1. The fourth-order valence-electron chi connectivity index (χ4n) is 5.39. The lowest BCUT2D eigenvalue weighted by Gasteiger charge is -2.37. The highest BCUT2D eigenvalue weighted by molar-refractivity contribution is 6.31. The van der Waals surface area contributed by atoms with E-state index in [4.69, 9.17) is 4.74 Å². The van der Waals surface area contributed by atoms with Crippen LogP contribution in [0.1, 0.15) is 44.3 Å². The van der Waals surface area contributed by atoms with Gasteiger partial charge in [0, 0.05) is 16.7 Å². The van der Waals surface area contributed by atoms with Crippen LogP contribution in [0.4, 0.5) is 5.69 Å². The minimum absolute atomic E-state index is 0.0117. The van der Waals surface area contributed by atoms with Crippen molar-refractivity contribution in [2.24, 2.45) is 0 Å². The Morgan fingerprint density at radius 2 is 1.70 bits per heavy atom. The minimum atomic E-state index is -1.56. The number of hydrogen-bond donors (Lipinski definition) is 4. The van der Waals surface area contributed by atoms with Crippen LogP contribution in [0.5, 0.6) is 5.75 Å². The number of aromatic hydroxyl groups is 1. The summed E-state index contributed by atoms with van der Waals surface area (Å²) in [5, 5.41) is 36.0. The molecule has 2 aliphatic carbocycles. The molecule has 7 heteroatoms. The number of hydrogen-bond acceptors (Lipinski definition) is 7. The number of aliphatic hydroxyl groups excluding tert-OH is 2. The van der Waals surface area contributed by atoms with E-state index in [1.807, 2.05) is 0 Å². The van der Waals surface area contributed by atoms with Crippen LogP contribution >= 0.6 is 0 Å². The highest BCUT2D eigenvalue weighted by atomic mass is 16.7. The van der Waals surface area contributed by atoms with Crippen LogP contribution in [0.25, 0.3) is 0 Å². The Balaban J connectivity index is 1.69. The molecule has 2 aromatic carbocycles. The van der Waals surface area contributed by atoms with Gasteiger partial charge in [-0.1, -0.05) is 47.9 Å². The average molecular weight is 439 g/mol.